The molecule has 0 unspecified atom stereocenters. The molecule has 2 aromatic heterocycles. The van der Waals surface area contributed by atoms with Gasteiger partial charge in [-0.2, -0.15) is 18.2 Å². The number of halogens is 3. The van der Waals surface area contributed by atoms with Crippen molar-refractivity contribution in [1.29, 1.82) is 0 Å². The summed E-state index contributed by atoms with van der Waals surface area (Å²) < 4.78 is 44.0. The van der Waals surface area contributed by atoms with Crippen molar-refractivity contribution in [3.63, 3.8) is 0 Å². The summed E-state index contributed by atoms with van der Waals surface area (Å²) in [4.78, 5) is 20.0. The Balaban J connectivity index is 1.75. The number of pyridine rings is 1. The van der Waals surface area contributed by atoms with E-state index in [0.717, 1.165) is 25.1 Å². The summed E-state index contributed by atoms with van der Waals surface area (Å²) in [5, 5.41) is 6.14. The van der Waals surface area contributed by atoms with E-state index in [-0.39, 0.29) is 18.1 Å². The molecule has 1 aliphatic rings. The monoisotopic (exact) mass is 326 g/mol. The van der Waals surface area contributed by atoms with Crippen molar-refractivity contribution in [3.05, 3.63) is 40.8 Å². The second kappa shape index (κ2) is 5.64. The van der Waals surface area contributed by atoms with Crippen molar-refractivity contribution in [3.8, 4) is 0 Å². The highest BCUT2D eigenvalue weighted by molar-refractivity contribution is 5.96. The second-order valence-corrected chi connectivity index (χ2v) is 5.32. The van der Waals surface area contributed by atoms with Gasteiger partial charge in [0, 0.05) is 12.1 Å². The molecule has 0 aliphatic heterocycles. The average Bonchev–Trinajstić information content (AvgIpc) is 3.22. The van der Waals surface area contributed by atoms with Crippen molar-refractivity contribution in [2.24, 2.45) is 0 Å². The standard InChI is InChI=1S/C14H13F3N4O2/c1-7-11(9(4-5-18-7)14(15,16)17)13(22)19-6-10-20-12(21-23-10)8-2-3-8/h4-5,8H,2-3,6H2,1H3,(H,19,22). The molecule has 122 valence electrons. The molecule has 2 aromatic rings. The molecule has 0 aromatic carbocycles. The van der Waals surface area contributed by atoms with Crippen LogP contribution in [-0.4, -0.2) is 21.0 Å². The highest BCUT2D eigenvalue weighted by Crippen LogP contribution is 2.38. The van der Waals surface area contributed by atoms with Crippen LogP contribution in [0.3, 0.4) is 0 Å². The van der Waals surface area contributed by atoms with E-state index < -0.39 is 23.2 Å². The van der Waals surface area contributed by atoms with Gasteiger partial charge < -0.3 is 9.84 Å². The number of hydrogen-bond donors (Lipinski definition) is 1. The van der Waals surface area contributed by atoms with E-state index in [2.05, 4.69) is 20.4 Å². The highest BCUT2D eigenvalue weighted by atomic mass is 19.4. The van der Waals surface area contributed by atoms with Gasteiger partial charge in [-0.15, -0.1) is 0 Å². The predicted molar refractivity (Wildman–Crippen MR) is 71.4 cm³/mol. The lowest BCUT2D eigenvalue weighted by Crippen LogP contribution is -2.27. The van der Waals surface area contributed by atoms with E-state index in [9.17, 15) is 18.0 Å². The Hall–Kier alpha value is -2.45. The molecular weight excluding hydrogens is 313 g/mol. The van der Waals surface area contributed by atoms with Gasteiger partial charge in [0.05, 0.1) is 23.4 Å². The van der Waals surface area contributed by atoms with Gasteiger partial charge in [0.2, 0.25) is 5.89 Å². The number of hydrogen-bond acceptors (Lipinski definition) is 5. The molecule has 0 saturated heterocycles. The quantitative estimate of drug-likeness (QED) is 0.934. The molecule has 1 amide bonds. The molecule has 6 nitrogen and oxygen atoms in total. The summed E-state index contributed by atoms with van der Waals surface area (Å²) in [6, 6.07) is 0.778. The smallest absolute Gasteiger partial charge is 0.343 e. The molecule has 2 heterocycles. The first kappa shape index (κ1) is 15.4. The van der Waals surface area contributed by atoms with E-state index in [0.29, 0.717) is 11.7 Å². The summed E-state index contributed by atoms with van der Waals surface area (Å²) in [6.45, 7) is 1.21. The number of aryl methyl sites for hydroxylation is 1. The normalized spacial score (nSPS) is 14.8. The van der Waals surface area contributed by atoms with Gasteiger partial charge >= 0.3 is 6.18 Å². The van der Waals surface area contributed by atoms with Crippen LogP contribution in [0, 0.1) is 6.92 Å². The first-order chi connectivity index (χ1) is 10.9. The highest BCUT2D eigenvalue weighted by Gasteiger charge is 2.36. The molecule has 3 rings (SSSR count). The molecule has 0 radical (unpaired) electrons. The van der Waals surface area contributed by atoms with Crippen LogP contribution < -0.4 is 5.32 Å². The van der Waals surface area contributed by atoms with Gasteiger partial charge in [0.25, 0.3) is 5.91 Å². The van der Waals surface area contributed by atoms with Crippen molar-refractivity contribution in [2.75, 3.05) is 0 Å². The minimum absolute atomic E-state index is 0.00141. The Morgan fingerprint density at radius 1 is 1.43 bits per heavy atom. The number of aromatic nitrogens is 3. The maximum Gasteiger partial charge on any atom is 0.417 e. The zero-order valence-electron chi connectivity index (χ0n) is 12.1. The van der Waals surface area contributed by atoms with Gasteiger partial charge in [-0.05, 0) is 25.8 Å². The van der Waals surface area contributed by atoms with Crippen molar-refractivity contribution >= 4 is 5.91 Å². The largest absolute Gasteiger partial charge is 0.417 e. The first-order valence-corrected chi connectivity index (χ1v) is 6.99. The Morgan fingerprint density at radius 3 is 2.83 bits per heavy atom. The van der Waals surface area contributed by atoms with Crippen LogP contribution in [0.15, 0.2) is 16.8 Å². The Morgan fingerprint density at radius 2 is 2.17 bits per heavy atom. The van der Waals surface area contributed by atoms with Gasteiger partial charge in [0.1, 0.15) is 0 Å². The Kier molecular flexibility index (Phi) is 3.78. The van der Waals surface area contributed by atoms with Crippen LogP contribution in [-0.2, 0) is 12.7 Å². The number of amides is 1. The molecule has 1 saturated carbocycles. The summed E-state index contributed by atoms with van der Waals surface area (Å²) in [7, 11) is 0. The van der Waals surface area contributed by atoms with E-state index >= 15 is 0 Å². The fourth-order valence-corrected chi connectivity index (χ4v) is 2.18. The fourth-order valence-electron chi connectivity index (χ4n) is 2.18. The van der Waals surface area contributed by atoms with Crippen LogP contribution in [0.2, 0.25) is 0 Å². The second-order valence-electron chi connectivity index (χ2n) is 5.32. The van der Waals surface area contributed by atoms with Crippen molar-refractivity contribution in [1.82, 2.24) is 20.4 Å². The number of rotatable bonds is 4. The third-order valence-corrected chi connectivity index (χ3v) is 3.50. The van der Waals surface area contributed by atoms with Crippen LogP contribution in [0.1, 0.15) is 52.1 Å². The number of carbonyl (C=O) groups is 1. The maximum absolute atomic E-state index is 13.0. The molecule has 0 atom stereocenters. The van der Waals surface area contributed by atoms with Crippen LogP contribution in [0.5, 0.6) is 0 Å². The lowest BCUT2D eigenvalue weighted by atomic mass is 10.1. The molecule has 1 fully saturated rings. The topological polar surface area (TPSA) is 80.9 Å². The van der Waals surface area contributed by atoms with Gasteiger partial charge in [-0.1, -0.05) is 5.16 Å². The summed E-state index contributed by atoms with van der Waals surface area (Å²) >= 11 is 0. The lowest BCUT2D eigenvalue weighted by Gasteiger charge is -2.13. The van der Waals surface area contributed by atoms with E-state index in [1.807, 2.05) is 0 Å². The van der Waals surface area contributed by atoms with E-state index in [1.54, 1.807) is 0 Å². The number of carbonyl (C=O) groups excluding carboxylic acids is 1. The molecule has 23 heavy (non-hydrogen) atoms. The minimum Gasteiger partial charge on any atom is -0.343 e. The average molecular weight is 326 g/mol. The third-order valence-electron chi connectivity index (χ3n) is 3.50. The Bertz CT molecular complexity index is 738. The number of nitrogens with zero attached hydrogens (tertiary/aromatic N) is 3. The fraction of sp³-hybridized carbons (Fsp3) is 0.429. The Labute approximate surface area is 129 Å². The molecule has 0 bridgehead atoms. The lowest BCUT2D eigenvalue weighted by molar-refractivity contribution is -0.138. The van der Waals surface area contributed by atoms with Gasteiger partial charge in [-0.3, -0.25) is 9.78 Å². The predicted octanol–water partition coefficient (Wildman–Crippen LogP) is 2.60. The SMILES string of the molecule is Cc1nccc(C(F)(F)F)c1C(=O)NCc1nc(C2CC2)no1. The molecular formula is C14H13F3N4O2. The van der Waals surface area contributed by atoms with Gasteiger partial charge in [-0.25, -0.2) is 0 Å². The number of alkyl halides is 3. The zero-order valence-corrected chi connectivity index (χ0v) is 12.1. The maximum atomic E-state index is 13.0. The number of nitrogens with one attached hydrogen (secondary N) is 1. The third kappa shape index (κ3) is 3.33. The molecule has 9 heteroatoms. The van der Waals surface area contributed by atoms with E-state index in [4.69, 9.17) is 4.52 Å². The van der Waals surface area contributed by atoms with Gasteiger partial charge in [0.15, 0.2) is 5.82 Å². The summed E-state index contributed by atoms with van der Waals surface area (Å²) in [5.41, 5.74) is -1.52. The summed E-state index contributed by atoms with van der Waals surface area (Å²) in [6.07, 6.45) is -1.62. The zero-order chi connectivity index (χ0) is 16.6. The summed E-state index contributed by atoms with van der Waals surface area (Å²) in [5.74, 6) is 0.146. The molecule has 1 aliphatic carbocycles. The minimum atomic E-state index is -4.63. The first-order valence-electron chi connectivity index (χ1n) is 6.99. The van der Waals surface area contributed by atoms with Crippen LogP contribution in [0.4, 0.5) is 13.2 Å². The van der Waals surface area contributed by atoms with Crippen molar-refractivity contribution in [2.45, 2.75) is 38.4 Å². The van der Waals surface area contributed by atoms with Crippen LogP contribution in [0.25, 0.3) is 0 Å². The van der Waals surface area contributed by atoms with Crippen LogP contribution >= 0.6 is 0 Å². The van der Waals surface area contributed by atoms with Crippen molar-refractivity contribution < 1.29 is 22.5 Å². The molecule has 1 N–H and O–H groups in total. The molecule has 0 spiro atoms. The van der Waals surface area contributed by atoms with E-state index in [1.165, 1.54) is 6.92 Å².